The molecule has 0 aliphatic carbocycles. The molecule has 0 heterocycles. The van der Waals surface area contributed by atoms with Crippen LogP contribution in [0.3, 0.4) is 0 Å². The minimum atomic E-state index is -1.02. The van der Waals surface area contributed by atoms with Crippen LogP contribution in [0.15, 0.2) is 79.4 Å². The average Bonchev–Trinajstić information content (AvgIpc) is 2.86. The Balaban J connectivity index is 1.97. The van der Waals surface area contributed by atoms with E-state index in [0.29, 0.717) is 11.3 Å². The first-order valence-electron chi connectivity index (χ1n) is 12.4. The van der Waals surface area contributed by atoms with Gasteiger partial charge in [0, 0.05) is 18.0 Å². The monoisotopic (exact) mass is 533 g/mol. The SMILES string of the molecule is C=CCN(C(=O)C(CS)NC(=O)OC(C)(C)C)C(C(=O)Nc1ccc2ccccc2c1)c1ccccc1C. The Bertz CT molecular complexity index is 1320. The number of amides is 3. The number of anilines is 1. The first kappa shape index (κ1) is 28.8. The Hall–Kier alpha value is -3.78. The average molecular weight is 534 g/mol. The third-order valence-electron chi connectivity index (χ3n) is 5.84. The van der Waals surface area contributed by atoms with Crippen LogP contribution in [0.5, 0.6) is 0 Å². The zero-order valence-electron chi connectivity index (χ0n) is 22.2. The Morgan fingerprint density at radius 2 is 1.68 bits per heavy atom. The summed E-state index contributed by atoms with van der Waals surface area (Å²) in [6.45, 7) is 11.0. The van der Waals surface area contributed by atoms with Gasteiger partial charge in [-0.25, -0.2) is 4.79 Å². The molecule has 0 aliphatic heterocycles. The first-order valence-corrected chi connectivity index (χ1v) is 13.0. The van der Waals surface area contributed by atoms with Crippen LogP contribution in [-0.2, 0) is 14.3 Å². The summed E-state index contributed by atoms with van der Waals surface area (Å²) < 4.78 is 5.33. The third-order valence-corrected chi connectivity index (χ3v) is 6.21. The molecule has 7 nitrogen and oxygen atoms in total. The predicted octanol–water partition coefficient (Wildman–Crippen LogP) is 5.67. The summed E-state index contributed by atoms with van der Waals surface area (Å²) in [5, 5.41) is 7.61. The van der Waals surface area contributed by atoms with Gasteiger partial charge in [-0.2, -0.15) is 12.6 Å². The largest absolute Gasteiger partial charge is 0.444 e. The molecule has 38 heavy (non-hydrogen) atoms. The van der Waals surface area contributed by atoms with Crippen LogP contribution in [-0.4, -0.2) is 46.7 Å². The topological polar surface area (TPSA) is 87.7 Å². The van der Waals surface area contributed by atoms with Gasteiger partial charge < -0.3 is 20.3 Å². The highest BCUT2D eigenvalue weighted by Crippen LogP contribution is 2.28. The van der Waals surface area contributed by atoms with Gasteiger partial charge in [0.2, 0.25) is 5.91 Å². The van der Waals surface area contributed by atoms with E-state index in [-0.39, 0.29) is 18.2 Å². The number of hydrogen-bond acceptors (Lipinski definition) is 5. The van der Waals surface area contributed by atoms with Gasteiger partial charge in [-0.3, -0.25) is 9.59 Å². The molecule has 0 aliphatic rings. The molecule has 0 bridgehead atoms. The number of ether oxygens (including phenoxy) is 1. The Kier molecular flexibility index (Phi) is 9.58. The van der Waals surface area contributed by atoms with Crippen molar-refractivity contribution in [2.24, 2.45) is 0 Å². The molecule has 0 fully saturated rings. The van der Waals surface area contributed by atoms with Crippen molar-refractivity contribution in [3.8, 4) is 0 Å². The van der Waals surface area contributed by atoms with Crippen LogP contribution in [0.1, 0.15) is 37.9 Å². The van der Waals surface area contributed by atoms with Gasteiger partial charge in [0.15, 0.2) is 0 Å². The summed E-state index contributed by atoms with van der Waals surface area (Å²) >= 11 is 4.30. The zero-order chi connectivity index (χ0) is 27.9. The van der Waals surface area contributed by atoms with E-state index in [1.807, 2.05) is 73.7 Å². The van der Waals surface area contributed by atoms with Crippen molar-refractivity contribution in [3.05, 3.63) is 90.5 Å². The number of aryl methyl sites for hydroxylation is 1. The minimum Gasteiger partial charge on any atom is -0.444 e. The maximum atomic E-state index is 13.9. The van der Waals surface area contributed by atoms with Crippen LogP contribution in [0.25, 0.3) is 10.8 Å². The highest BCUT2D eigenvalue weighted by molar-refractivity contribution is 7.80. The fourth-order valence-electron chi connectivity index (χ4n) is 4.12. The van der Waals surface area contributed by atoms with E-state index in [0.717, 1.165) is 16.3 Å². The number of thiol groups is 1. The van der Waals surface area contributed by atoms with Gasteiger partial charge in [0.25, 0.3) is 5.91 Å². The van der Waals surface area contributed by atoms with Crippen LogP contribution in [0, 0.1) is 6.92 Å². The lowest BCUT2D eigenvalue weighted by Gasteiger charge is -2.34. The molecule has 0 aromatic heterocycles. The van der Waals surface area contributed by atoms with E-state index in [1.54, 1.807) is 26.8 Å². The molecule has 0 saturated carbocycles. The molecule has 0 radical (unpaired) electrons. The molecule has 2 N–H and O–H groups in total. The number of nitrogens with one attached hydrogen (secondary N) is 2. The molecular formula is C30H35N3O4S. The quantitative estimate of drug-likeness (QED) is 0.244. The number of carbonyl (C=O) groups excluding carboxylic acids is 3. The van der Waals surface area contributed by atoms with Crippen molar-refractivity contribution in [1.29, 1.82) is 0 Å². The van der Waals surface area contributed by atoms with Gasteiger partial charge in [0.1, 0.15) is 17.7 Å². The summed E-state index contributed by atoms with van der Waals surface area (Å²) in [5.74, 6) is -0.856. The number of carbonyl (C=O) groups is 3. The fourth-order valence-corrected chi connectivity index (χ4v) is 4.37. The predicted molar refractivity (Wildman–Crippen MR) is 155 cm³/mol. The summed E-state index contributed by atoms with van der Waals surface area (Å²) in [4.78, 5) is 41.5. The number of benzene rings is 3. The normalized spacial score (nSPS) is 12.8. The summed E-state index contributed by atoms with van der Waals surface area (Å²) in [5.41, 5.74) is 1.38. The van der Waals surface area contributed by atoms with E-state index >= 15 is 0 Å². The molecule has 3 amide bonds. The second-order valence-electron chi connectivity index (χ2n) is 9.97. The van der Waals surface area contributed by atoms with Crippen LogP contribution >= 0.6 is 12.6 Å². The lowest BCUT2D eigenvalue weighted by Crippen LogP contribution is -2.53. The minimum absolute atomic E-state index is 0.0124. The lowest BCUT2D eigenvalue weighted by molar-refractivity contribution is -0.139. The molecule has 2 unspecified atom stereocenters. The van der Waals surface area contributed by atoms with E-state index in [1.165, 1.54) is 4.90 Å². The number of rotatable bonds is 9. The summed E-state index contributed by atoms with van der Waals surface area (Å²) in [6.07, 6.45) is 0.812. The first-order chi connectivity index (χ1) is 18.0. The van der Waals surface area contributed by atoms with Gasteiger partial charge in [-0.05, 0) is 61.7 Å². The Morgan fingerprint density at radius 3 is 2.32 bits per heavy atom. The number of hydrogen-bond donors (Lipinski definition) is 3. The molecule has 200 valence electrons. The molecule has 3 aromatic carbocycles. The second-order valence-corrected chi connectivity index (χ2v) is 10.3. The van der Waals surface area contributed by atoms with Gasteiger partial charge in [0.05, 0.1) is 0 Å². The molecular weight excluding hydrogens is 498 g/mol. The highest BCUT2D eigenvalue weighted by Gasteiger charge is 2.36. The van der Waals surface area contributed by atoms with Crippen molar-refractivity contribution < 1.29 is 19.1 Å². The van der Waals surface area contributed by atoms with Gasteiger partial charge in [-0.15, -0.1) is 6.58 Å². The van der Waals surface area contributed by atoms with E-state index in [9.17, 15) is 14.4 Å². The van der Waals surface area contributed by atoms with Crippen LogP contribution < -0.4 is 10.6 Å². The maximum absolute atomic E-state index is 13.9. The molecule has 8 heteroatoms. The highest BCUT2D eigenvalue weighted by atomic mass is 32.1. The molecule has 0 spiro atoms. The van der Waals surface area contributed by atoms with Crippen molar-refractivity contribution in [2.45, 2.75) is 45.4 Å². The summed E-state index contributed by atoms with van der Waals surface area (Å²) in [6, 6.07) is 18.9. The molecule has 3 aromatic rings. The lowest BCUT2D eigenvalue weighted by atomic mass is 9.98. The number of fused-ring (bicyclic) bond motifs is 1. The van der Waals surface area contributed by atoms with Crippen LogP contribution in [0.4, 0.5) is 10.5 Å². The third kappa shape index (κ3) is 7.38. The van der Waals surface area contributed by atoms with E-state index in [4.69, 9.17) is 4.74 Å². The van der Waals surface area contributed by atoms with Crippen molar-refractivity contribution in [3.63, 3.8) is 0 Å². The van der Waals surface area contributed by atoms with Crippen molar-refractivity contribution in [1.82, 2.24) is 10.2 Å². The van der Waals surface area contributed by atoms with Crippen LogP contribution in [0.2, 0.25) is 0 Å². The van der Waals surface area contributed by atoms with Crippen molar-refractivity contribution in [2.75, 3.05) is 17.6 Å². The standard InChI is InChI=1S/C30H35N3O4S/c1-6-17-33(28(35)25(19-38)32-29(36)37-30(3,4)5)26(24-14-10-7-11-20(24)2)27(34)31-23-16-15-21-12-8-9-13-22(21)18-23/h6-16,18,25-26,38H,1,17,19H2,2-5H3,(H,31,34)(H,32,36). The maximum Gasteiger partial charge on any atom is 0.408 e. The zero-order valence-corrected chi connectivity index (χ0v) is 23.1. The molecule has 2 atom stereocenters. The van der Waals surface area contributed by atoms with Gasteiger partial charge >= 0.3 is 6.09 Å². The second kappa shape index (κ2) is 12.6. The number of alkyl carbamates (subject to hydrolysis) is 1. The Labute approximate surface area is 229 Å². The van der Waals surface area contributed by atoms with Crippen molar-refractivity contribution >= 4 is 47.0 Å². The fraction of sp³-hybridized carbons (Fsp3) is 0.300. The summed E-state index contributed by atoms with van der Waals surface area (Å²) in [7, 11) is 0. The van der Waals surface area contributed by atoms with E-state index in [2.05, 4.69) is 29.8 Å². The smallest absolute Gasteiger partial charge is 0.408 e. The number of nitrogens with zero attached hydrogens (tertiary/aromatic N) is 1. The molecule has 3 rings (SSSR count). The van der Waals surface area contributed by atoms with Gasteiger partial charge in [-0.1, -0.05) is 60.7 Å². The Morgan fingerprint density at radius 1 is 1.03 bits per heavy atom. The van der Waals surface area contributed by atoms with E-state index < -0.39 is 29.7 Å². The molecule has 0 saturated heterocycles.